The van der Waals surface area contributed by atoms with Gasteiger partial charge in [-0.15, -0.1) is 0 Å². The van der Waals surface area contributed by atoms with E-state index in [-0.39, 0.29) is 0 Å². The lowest BCUT2D eigenvalue weighted by molar-refractivity contribution is 0.481. The molecule has 94 valence electrons. The van der Waals surface area contributed by atoms with Crippen LogP contribution in [0.3, 0.4) is 0 Å². The molecule has 0 saturated carbocycles. The van der Waals surface area contributed by atoms with Crippen molar-refractivity contribution in [2.24, 2.45) is 5.73 Å². The number of aromatic nitrogens is 2. The van der Waals surface area contributed by atoms with Crippen molar-refractivity contribution in [2.45, 2.75) is 13.5 Å². The molecule has 0 aliphatic rings. The maximum absolute atomic E-state index is 6.10. The summed E-state index contributed by atoms with van der Waals surface area (Å²) in [6.07, 6.45) is 3.44. The van der Waals surface area contributed by atoms with Crippen molar-refractivity contribution in [3.05, 3.63) is 41.2 Å². The molecular weight excluding hydrogens is 270 g/mol. The Balaban J connectivity index is 2.21. The number of nitrogens with zero attached hydrogens (tertiary/aromatic N) is 2. The number of hydrogen-bond donors (Lipinski definition) is 1. The summed E-state index contributed by atoms with van der Waals surface area (Å²) >= 11 is 11.0. The molecule has 0 unspecified atom stereocenters. The van der Waals surface area contributed by atoms with E-state index in [1.54, 1.807) is 35.3 Å². The van der Waals surface area contributed by atoms with Crippen molar-refractivity contribution in [3.63, 3.8) is 0 Å². The van der Waals surface area contributed by atoms with Gasteiger partial charge in [0.15, 0.2) is 5.75 Å². The monoisotopic (exact) mass is 281 g/mol. The molecule has 0 bridgehead atoms. The van der Waals surface area contributed by atoms with Gasteiger partial charge in [-0.3, -0.25) is 4.68 Å². The van der Waals surface area contributed by atoms with Crippen LogP contribution in [0.5, 0.6) is 11.5 Å². The highest BCUT2D eigenvalue weighted by molar-refractivity contribution is 7.80. The number of rotatable bonds is 4. The fraction of sp³-hybridized carbons (Fsp3) is 0.167. The maximum Gasteiger partial charge on any atom is 0.165 e. The first-order valence-electron chi connectivity index (χ1n) is 5.40. The van der Waals surface area contributed by atoms with E-state index in [1.165, 1.54) is 0 Å². The lowest BCUT2D eigenvalue weighted by atomic mass is 10.2. The molecule has 2 aromatic rings. The number of halogens is 1. The Bertz CT molecular complexity index is 582. The van der Waals surface area contributed by atoms with E-state index in [0.717, 1.165) is 6.54 Å². The highest BCUT2D eigenvalue weighted by Gasteiger charge is 2.07. The largest absolute Gasteiger partial charge is 0.452 e. The standard InChI is InChI=1S/C12H12ClN3OS/c1-2-16-7-9(6-15-16)17-11-4-3-8(12(14)18)5-10(11)13/h3-7H,2H2,1H3,(H2,14,18). The Hall–Kier alpha value is -1.59. The normalized spacial score (nSPS) is 10.3. The minimum absolute atomic E-state index is 0.308. The van der Waals surface area contributed by atoms with E-state index in [4.69, 9.17) is 34.3 Å². The van der Waals surface area contributed by atoms with E-state index in [9.17, 15) is 0 Å². The molecule has 0 saturated heterocycles. The fourth-order valence-electron chi connectivity index (χ4n) is 1.43. The SMILES string of the molecule is CCn1cc(Oc2ccc(C(N)=S)cc2Cl)cn1. The summed E-state index contributed by atoms with van der Waals surface area (Å²) < 4.78 is 7.40. The van der Waals surface area contributed by atoms with Gasteiger partial charge in [0.25, 0.3) is 0 Å². The number of aryl methyl sites for hydroxylation is 1. The molecule has 2 N–H and O–H groups in total. The minimum atomic E-state index is 0.308. The number of benzene rings is 1. The molecule has 4 nitrogen and oxygen atoms in total. The fourth-order valence-corrected chi connectivity index (χ4v) is 1.78. The van der Waals surface area contributed by atoms with Crippen LogP contribution in [0.25, 0.3) is 0 Å². The number of thiocarbonyl (C=S) groups is 1. The Morgan fingerprint density at radius 3 is 2.89 bits per heavy atom. The molecule has 2 rings (SSSR count). The summed E-state index contributed by atoms with van der Waals surface area (Å²) in [5.41, 5.74) is 6.24. The van der Waals surface area contributed by atoms with Gasteiger partial charge in [0.1, 0.15) is 10.7 Å². The third-order valence-electron chi connectivity index (χ3n) is 2.38. The van der Waals surface area contributed by atoms with Crippen LogP contribution in [0.1, 0.15) is 12.5 Å². The molecule has 0 fully saturated rings. The Morgan fingerprint density at radius 1 is 1.56 bits per heavy atom. The van der Waals surface area contributed by atoms with E-state index >= 15 is 0 Å². The zero-order valence-corrected chi connectivity index (χ0v) is 11.3. The molecule has 6 heteroatoms. The zero-order valence-electron chi connectivity index (χ0n) is 9.76. The average Bonchev–Trinajstić information content (AvgIpc) is 2.79. The van der Waals surface area contributed by atoms with Crippen molar-refractivity contribution in [3.8, 4) is 11.5 Å². The van der Waals surface area contributed by atoms with Gasteiger partial charge in [-0.1, -0.05) is 23.8 Å². The highest BCUT2D eigenvalue weighted by atomic mass is 35.5. The minimum Gasteiger partial charge on any atom is -0.452 e. The Kier molecular flexibility index (Phi) is 3.84. The van der Waals surface area contributed by atoms with Gasteiger partial charge < -0.3 is 10.5 Å². The molecule has 1 aromatic heterocycles. The summed E-state index contributed by atoms with van der Waals surface area (Å²) in [5, 5.41) is 4.58. The lowest BCUT2D eigenvalue weighted by Crippen LogP contribution is -2.08. The number of hydrogen-bond acceptors (Lipinski definition) is 3. The van der Waals surface area contributed by atoms with Gasteiger partial charge in [-0.25, -0.2) is 0 Å². The van der Waals surface area contributed by atoms with Crippen molar-refractivity contribution in [2.75, 3.05) is 0 Å². The second-order valence-electron chi connectivity index (χ2n) is 3.64. The molecule has 1 aromatic carbocycles. The van der Waals surface area contributed by atoms with Gasteiger partial charge in [0.05, 0.1) is 17.4 Å². The molecule has 0 radical (unpaired) electrons. The second kappa shape index (κ2) is 5.37. The predicted molar refractivity (Wildman–Crippen MR) is 75.3 cm³/mol. The van der Waals surface area contributed by atoms with Gasteiger partial charge >= 0.3 is 0 Å². The van der Waals surface area contributed by atoms with Crippen LogP contribution in [-0.4, -0.2) is 14.8 Å². The van der Waals surface area contributed by atoms with Gasteiger partial charge in [-0.2, -0.15) is 5.10 Å². The molecule has 0 amide bonds. The summed E-state index contributed by atoms with van der Waals surface area (Å²) in [5.74, 6) is 1.19. The van der Waals surface area contributed by atoms with Crippen LogP contribution in [0.2, 0.25) is 5.02 Å². The summed E-state index contributed by atoms with van der Waals surface area (Å²) in [7, 11) is 0. The third kappa shape index (κ3) is 2.80. The van der Waals surface area contributed by atoms with Crippen molar-refractivity contribution >= 4 is 28.8 Å². The molecule has 1 heterocycles. The molecular formula is C12H12ClN3OS. The average molecular weight is 282 g/mol. The zero-order chi connectivity index (χ0) is 13.1. The topological polar surface area (TPSA) is 53.1 Å². The van der Waals surface area contributed by atoms with Gasteiger partial charge in [0.2, 0.25) is 0 Å². The molecule has 0 aliphatic carbocycles. The Labute approximate surface area is 115 Å². The Morgan fingerprint density at radius 2 is 2.33 bits per heavy atom. The molecule has 0 atom stereocenters. The van der Waals surface area contributed by atoms with E-state index in [2.05, 4.69) is 5.10 Å². The number of ether oxygens (including phenoxy) is 1. The lowest BCUT2D eigenvalue weighted by Gasteiger charge is -2.06. The third-order valence-corrected chi connectivity index (χ3v) is 2.91. The van der Waals surface area contributed by atoms with Crippen LogP contribution < -0.4 is 10.5 Å². The first-order valence-corrected chi connectivity index (χ1v) is 6.18. The van der Waals surface area contributed by atoms with Crippen LogP contribution in [0.4, 0.5) is 0 Å². The molecule has 0 aliphatic heterocycles. The quantitative estimate of drug-likeness (QED) is 0.876. The maximum atomic E-state index is 6.10. The van der Waals surface area contributed by atoms with E-state index in [1.807, 2.05) is 6.92 Å². The first-order chi connectivity index (χ1) is 8.60. The van der Waals surface area contributed by atoms with Crippen molar-refractivity contribution in [1.82, 2.24) is 9.78 Å². The van der Waals surface area contributed by atoms with Crippen molar-refractivity contribution < 1.29 is 4.74 Å². The first kappa shape index (κ1) is 12.9. The molecule has 0 spiro atoms. The second-order valence-corrected chi connectivity index (χ2v) is 4.49. The van der Waals surface area contributed by atoms with Crippen LogP contribution in [0.15, 0.2) is 30.6 Å². The molecule has 18 heavy (non-hydrogen) atoms. The summed E-state index contributed by atoms with van der Waals surface area (Å²) in [6.45, 7) is 2.79. The predicted octanol–water partition coefficient (Wildman–Crippen LogP) is 2.98. The van der Waals surface area contributed by atoms with Gasteiger partial charge in [-0.05, 0) is 25.1 Å². The highest BCUT2D eigenvalue weighted by Crippen LogP contribution is 2.29. The summed E-state index contributed by atoms with van der Waals surface area (Å²) in [6, 6.07) is 5.19. The van der Waals surface area contributed by atoms with Crippen LogP contribution in [0, 0.1) is 0 Å². The van der Waals surface area contributed by atoms with E-state index < -0.39 is 0 Å². The van der Waals surface area contributed by atoms with Crippen LogP contribution >= 0.6 is 23.8 Å². The smallest absolute Gasteiger partial charge is 0.165 e. The van der Waals surface area contributed by atoms with Gasteiger partial charge in [0, 0.05) is 12.1 Å². The van der Waals surface area contributed by atoms with E-state index in [0.29, 0.717) is 27.1 Å². The van der Waals surface area contributed by atoms with Crippen LogP contribution in [-0.2, 0) is 6.54 Å². The van der Waals surface area contributed by atoms with Crippen molar-refractivity contribution in [1.29, 1.82) is 0 Å². The summed E-state index contributed by atoms with van der Waals surface area (Å²) in [4.78, 5) is 0.308. The number of nitrogens with two attached hydrogens (primary N) is 1.